The number of unbranched alkanes of at least 4 members (excludes halogenated alkanes) is 1. The van der Waals surface area contributed by atoms with Crippen LogP contribution in [-0.2, 0) is 4.79 Å². The molecule has 0 radical (unpaired) electrons. The van der Waals surface area contributed by atoms with E-state index < -0.39 is 17.6 Å². The molecule has 8 heteroatoms. The molecule has 0 fully saturated rings. The molecular weight excluding hydrogens is 512 g/mol. The van der Waals surface area contributed by atoms with Gasteiger partial charge >= 0.3 is 5.97 Å². The second-order valence-electron chi connectivity index (χ2n) is 10.3. The minimum atomic E-state index is -0.980. The van der Waals surface area contributed by atoms with Crippen LogP contribution in [0.3, 0.4) is 0 Å². The Morgan fingerprint density at radius 1 is 1.07 bits per heavy atom. The first-order valence-electron chi connectivity index (χ1n) is 13.5. The van der Waals surface area contributed by atoms with Gasteiger partial charge in [-0.05, 0) is 66.8 Å². The van der Waals surface area contributed by atoms with Crippen LogP contribution in [0, 0.1) is 17.0 Å². The summed E-state index contributed by atoms with van der Waals surface area (Å²) in [7, 11) is 0. The van der Waals surface area contributed by atoms with Crippen molar-refractivity contribution in [3.8, 4) is 0 Å². The lowest BCUT2D eigenvalue weighted by molar-refractivity contribution is -0.136. The molecule has 0 heterocycles. The molecule has 0 aliphatic rings. The Bertz CT molecular complexity index is 1280. The van der Waals surface area contributed by atoms with Crippen LogP contribution in [0.2, 0.25) is 0 Å². The van der Waals surface area contributed by atoms with E-state index in [0.29, 0.717) is 22.7 Å². The van der Waals surface area contributed by atoms with Crippen LogP contribution in [0.1, 0.15) is 94.2 Å². The molecule has 0 bridgehead atoms. The Balaban J connectivity index is 2.44. The molecule has 0 aliphatic heterocycles. The summed E-state index contributed by atoms with van der Waals surface area (Å²) < 4.78 is 27.7. The van der Waals surface area contributed by atoms with Crippen LogP contribution >= 0.6 is 0 Å². The molecule has 6 nitrogen and oxygen atoms in total. The van der Waals surface area contributed by atoms with Gasteiger partial charge < -0.3 is 15.7 Å². The molecule has 0 saturated carbocycles. The average Bonchev–Trinajstić information content (AvgIpc) is 2.90. The van der Waals surface area contributed by atoms with Gasteiger partial charge in [-0.2, -0.15) is 0 Å². The van der Waals surface area contributed by atoms with E-state index in [1.54, 1.807) is 19.1 Å². The number of benzene rings is 2. The molecule has 0 saturated heterocycles. The van der Waals surface area contributed by atoms with Gasteiger partial charge in [0.15, 0.2) is 5.82 Å². The molecule has 2 aromatic carbocycles. The summed E-state index contributed by atoms with van der Waals surface area (Å²) in [6.07, 6.45) is 5.32. The lowest BCUT2D eigenvalue weighted by Gasteiger charge is -2.20. The molecule has 0 aliphatic carbocycles. The normalized spacial score (nSPS) is 12.1. The van der Waals surface area contributed by atoms with Crippen molar-refractivity contribution in [1.29, 1.82) is 0 Å². The maximum absolute atomic E-state index is 13.9. The number of hydrogen-bond donors (Lipinski definition) is 3. The first kappa shape index (κ1) is 32.2. The molecular formula is C32H39F2N3O3. The number of aliphatic imine (C=N–C) groups is 1. The third-order valence-electron chi connectivity index (χ3n) is 6.48. The van der Waals surface area contributed by atoms with Crippen molar-refractivity contribution in [2.45, 2.75) is 72.8 Å². The molecule has 2 rings (SSSR count). The van der Waals surface area contributed by atoms with Gasteiger partial charge in [0.1, 0.15) is 11.6 Å². The Labute approximate surface area is 235 Å². The summed E-state index contributed by atoms with van der Waals surface area (Å²) >= 11 is 0. The van der Waals surface area contributed by atoms with Crippen molar-refractivity contribution in [1.82, 2.24) is 10.6 Å². The van der Waals surface area contributed by atoms with Gasteiger partial charge in [-0.25, -0.2) is 13.8 Å². The number of aliphatic carboxylic acids is 1. The van der Waals surface area contributed by atoms with Crippen molar-refractivity contribution in [2.75, 3.05) is 6.54 Å². The van der Waals surface area contributed by atoms with Crippen molar-refractivity contribution in [3.05, 3.63) is 94.1 Å². The van der Waals surface area contributed by atoms with Gasteiger partial charge in [0.05, 0.1) is 12.5 Å². The molecule has 40 heavy (non-hydrogen) atoms. The topological polar surface area (TPSA) is 90.8 Å². The largest absolute Gasteiger partial charge is 0.481 e. The highest BCUT2D eigenvalue weighted by atomic mass is 19.1. The lowest BCUT2D eigenvalue weighted by atomic mass is 9.91. The minimum absolute atomic E-state index is 0.0476. The van der Waals surface area contributed by atoms with Crippen LogP contribution in [0.5, 0.6) is 0 Å². The summed E-state index contributed by atoms with van der Waals surface area (Å²) in [6, 6.07) is 10.2. The van der Waals surface area contributed by atoms with E-state index in [4.69, 9.17) is 5.11 Å². The summed E-state index contributed by atoms with van der Waals surface area (Å²) in [6.45, 7) is 10.1. The number of carboxylic acid groups (broad SMARTS) is 1. The zero-order chi connectivity index (χ0) is 29.7. The van der Waals surface area contributed by atoms with E-state index in [0.717, 1.165) is 37.3 Å². The first-order chi connectivity index (χ1) is 18.9. The van der Waals surface area contributed by atoms with E-state index in [1.165, 1.54) is 12.1 Å². The lowest BCUT2D eigenvalue weighted by Crippen LogP contribution is -2.26. The third kappa shape index (κ3) is 11.0. The van der Waals surface area contributed by atoms with Crippen molar-refractivity contribution in [2.24, 2.45) is 10.4 Å². The number of nitrogens with one attached hydrogen (secondary N) is 2. The number of carboxylic acids is 1. The van der Waals surface area contributed by atoms with Crippen molar-refractivity contribution >= 4 is 17.6 Å². The minimum Gasteiger partial charge on any atom is -0.481 e. The highest BCUT2D eigenvalue weighted by molar-refractivity contribution is 5.99. The molecule has 214 valence electrons. The molecule has 0 unspecified atom stereocenters. The summed E-state index contributed by atoms with van der Waals surface area (Å²) in [5.74, 6) is -2.33. The fraction of sp³-hybridized carbons (Fsp3) is 0.406. The van der Waals surface area contributed by atoms with E-state index in [2.05, 4.69) is 54.8 Å². The fourth-order valence-corrected chi connectivity index (χ4v) is 3.64. The fourth-order valence-electron chi connectivity index (χ4n) is 3.64. The van der Waals surface area contributed by atoms with Crippen LogP contribution in [0.4, 0.5) is 8.78 Å². The highest BCUT2D eigenvalue weighted by Crippen LogP contribution is 2.23. The average molecular weight is 552 g/mol. The third-order valence-corrected chi connectivity index (χ3v) is 6.48. The van der Waals surface area contributed by atoms with Gasteiger partial charge in [0.25, 0.3) is 5.91 Å². The number of allylic oxidation sites excluding steroid dienone is 1. The first-order valence-corrected chi connectivity index (χ1v) is 13.5. The molecule has 0 spiro atoms. The van der Waals surface area contributed by atoms with Gasteiger partial charge in [-0.15, -0.1) is 0 Å². The van der Waals surface area contributed by atoms with E-state index in [1.807, 2.05) is 18.2 Å². The summed E-state index contributed by atoms with van der Waals surface area (Å²) in [5.41, 5.74) is 8.16. The smallest absolute Gasteiger partial charge is 0.305 e. The van der Waals surface area contributed by atoms with Gasteiger partial charge in [-0.1, -0.05) is 58.4 Å². The van der Waals surface area contributed by atoms with E-state index in [9.17, 15) is 18.4 Å². The van der Waals surface area contributed by atoms with Crippen molar-refractivity contribution in [3.63, 3.8) is 0 Å². The predicted octanol–water partition coefficient (Wildman–Crippen LogP) is 7.09. The van der Waals surface area contributed by atoms with Gasteiger partial charge in [0.2, 0.25) is 0 Å². The predicted molar refractivity (Wildman–Crippen MR) is 154 cm³/mol. The number of halogens is 2. The van der Waals surface area contributed by atoms with E-state index in [-0.39, 0.29) is 30.3 Å². The van der Waals surface area contributed by atoms with E-state index >= 15 is 0 Å². The monoisotopic (exact) mass is 551 g/mol. The quantitative estimate of drug-likeness (QED) is 0.173. The number of hydrogen-bond acceptors (Lipinski definition) is 4. The zero-order valence-electron chi connectivity index (χ0n) is 23.9. The Morgan fingerprint density at radius 3 is 2.30 bits per heavy atom. The number of carbonyl (C=O) groups is 2. The standard InChI is InChI=1S/C32H39F2N3O3/c1-6-8-10-28(23-12-14-24(15-13-23)31(40)35-18-16-30(38)39)37-29(11-9-17-32(4,5)7-2)36-22(3)25-19-26(33)21-27(34)20-25/h12-15,17,19-21,28,37H,6-8,10,16,18H2,1-5H3,(H,35,40)(H,38,39)/t28-/m1/s1. The number of carbonyl (C=O) groups excluding carboxylic acids is 1. The molecule has 1 amide bonds. The SMILES string of the molecule is CCCC[C@@H](NC(=C=C=CC(C)(C)CC)N=C(C)c1cc(F)cc(F)c1)c1ccc(C(=O)NCCC(=O)O)cc1. The molecule has 2 aromatic rings. The summed E-state index contributed by atoms with van der Waals surface area (Å²) in [4.78, 5) is 27.7. The second kappa shape index (κ2) is 15.6. The van der Waals surface area contributed by atoms with Crippen LogP contribution in [0.15, 0.2) is 70.8 Å². The van der Waals surface area contributed by atoms with Crippen LogP contribution in [-0.4, -0.2) is 29.2 Å². The maximum atomic E-state index is 13.9. The zero-order valence-corrected chi connectivity index (χ0v) is 23.9. The Kier molecular flexibility index (Phi) is 12.5. The molecule has 1 atom stereocenters. The van der Waals surface area contributed by atoms with Crippen LogP contribution in [0.25, 0.3) is 0 Å². The van der Waals surface area contributed by atoms with Crippen molar-refractivity contribution < 1.29 is 23.5 Å². The molecule has 3 N–H and O–H groups in total. The highest BCUT2D eigenvalue weighted by Gasteiger charge is 2.15. The summed E-state index contributed by atoms with van der Waals surface area (Å²) in [5, 5.41) is 14.8. The van der Waals surface area contributed by atoms with Gasteiger partial charge in [-0.3, -0.25) is 9.59 Å². The number of nitrogens with zero attached hydrogens (tertiary/aromatic N) is 1. The Morgan fingerprint density at radius 2 is 1.73 bits per heavy atom. The molecule has 0 aromatic heterocycles. The maximum Gasteiger partial charge on any atom is 0.305 e. The second-order valence-corrected chi connectivity index (χ2v) is 10.3. The number of rotatable bonds is 14. The van der Waals surface area contributed by atoms with Crippen LogP contribution < -0.4 is 10.6 Å². The van der Waals surface area contributed by atoms with Gasteiger partial charge in [0, 0.05) is 29.4 Å². The Hall–Kier alpha value is -3.99. The number of amides is 1.